The number of para-hydroxylation sites is 1. The van der Waals surface area contributed by atoms with Crippen LogP contribution >= 0.6 is 0 Å². The van der Waals surface area contributed by atoms with Gasteiger partial charge in [-0.05, 0) is 19.9 Å². The molecule has 102 valence electrons. The molecule has 6 nitrogen and oxygen atoms in total. The fourth-order valence-corrected chi connectivity index (χ4v) is 2.15. The summed E-state index contributed by atoms with van der Waals surface area (Å²) in [6.45, 7) is 3.70. The summed E-state index contributed by atoms with van der Waals surface area (Å²) in [6.07, 6.45) is 1.41. The van der Waals surface area contributed by atoms with Gasteiger partial charge in [-0.15, -0.1) is 0 Å². The van der Waals surface area contributed by atoms with Crippen LogP contribution in [0.4, 0.5) is 0 Å². The van der Waals surface area contributed by atoms with Gasteiger partial charge in [0.15, 0.2) is 5.76 Å². The molecule has 0 aliphatic carbocycles. The fraction of sp³-hybridized carbons (Fsp3) is 0.214. The number of rotatable bonds is 3. The number of carbonyl (C=O) groups is 1. The third kappa shape index (κ3) is 2.05. The van der Waals surface area contributed by atoms with Crippen molar-refractivity contribution in [2.75, 3.05) is 0 Å². The number of furan rings is 1. The van der Waals surface area contributed by atoms with Gasteiger partial charge < -0.3 is 9.73 Å². The van der Waals surface area contributed by atoms with Crippen LogP contribution in [0.15, 0.2) is 35.0 Å². The highest BCUT2D eigenvalue weighted by Crippen LogP contribution is 2.25. The van der Waals surface area contributed by atoms with Crippen molar-refractivity contribution in [1.29, 1.82) is 0 Å². The maximum Gasteiger partial charge on any atom is 0.287 e. The molecule has 0 aliphatic heterocycles. The summed E-state index contributed by atoms with van der Waals surface area (Å²) in [5.74, 6) is 0.673. The fourth-order valence-electron chi connectivity index (χ4n) is 2.15. The second-order valence-electron chi connectivity index (χ2n) is 4.62. The van der Waals surface area contributed by atoms with Crippen molar-refractivity contribution in [3.63, 3.8) is 0 Å². The van der Waals surface area contributed by atoms with Crippen molar-refractivity contribution in [3.8, 4) is 0 Å². The quantitative estimate of drug-likeness (QED) is 0.765. The Balaban J connectivity index is 1.87. The number of hydrogen-bond acceptors (Lipinski definition) is 4. The minimum atomic E-state index is -0.266. The van der Waals surface area contributed by atoms with Crippen molar-refractivity contribution < 1.29 is 9.21 Å². The first-order valence-corrected chi connectivity index (χ1v) is 6.31. The lowest BCUT2D eigenvalue weighted by Crippen LogP contribution is -2.27. The van der Waals surface area contributed by atoms with E-state index in [9.17, 15) is 4.79 Å². The van der Waals surface area contributed by atoms with Crippen molar-refractivity contribution in [1.82, 2.24) is 20.5 Å². The SMILES string of the molecule is Cc1c(C(=O)NC(C)c2ncn[nH]2)oc2ccccc12. The van der Waals surface area contributed by atoms with Crippen LogP contribution in [-0.2, 0) is 0 Å². The molecule has 20 heavy (non-hydrogen) atoms. The summed E-state index contributed by atoms with van der Waals surface area (Å²) in [5.41, 5.74) is 1.55. The van der Waals surface area contributed by atoms with E-state index in [0.717, 1.165) is 10.9 Å². The topological polar surface area (TPSA) is 83.8 Å². The Hall–Kier alpha value is -2.63. The first kappa shape index (κ1) is 12.4. The molecule has 0 fully saturated rings. The van der Waals surface area contributed by atoms with Gasteiger partial charge in [-0.25, -0.2) is 4.98 Å². The Morgan fingerprint density at radius 3 is 2.90 bits per heavy atom. The van der Waals surface area contributed by atoms with Gasteiger partial charge in [0, 0.05) is 10.9 Å². The average Bonchev–Trinajstić information content (AvgIpc) is 3.07. The summed E-state index contributed by atoms with van der Waals surface area (Å²) in [7, 11) is 0. The zero-order valence-electron chi connectivity index (χ0n) is 11.2. The summed E-state index contributed by atoms with van der Waals surface area (Å²) in [5, 5.41) is 10.3. The molecule has 1 amide bonds. The number of aromatic amines is 1. The molecular formula is C14H14N4O2. The molecule has 2 N–H and O–H groups in total. The molecule has 3 aromatic rings. The van der Waals surface area contributed by atoms with Crippen molar-refractivity contribution >= 4 is 16.9 Å². The lowest BCUT2D eigenvalue weighted by Gasteiger charge is -2.09. The van der Waals surface area contributed by atoms with Crippen molar-refractivity contribution in [3.05, 3.63) is 47.7 Å². The van der Waals surface area contributed by atoms with E-state index in [1.54, 1.807) is 0 Å². The lowest BCUT2D eigenvalue weighted by molar-refractivity contribution is 0.0911. The molecule has 1 aromatic carbocycles. The summed E-state index contributed by atoms with van der Waals surface area (Å²) < 4.78 is 5.62. The third-order valence-electron chi connectivity index (χ3n) is 3.24. The average molecular weight is 270 g/mol. The zero-order valence-corrected chi connectivity index (χ0v) is 11.2. The van der Waals surface area contributed by atoms with Crippen LogP contribution in [0.5, 0.6) is 0 Å². The smallest absolute Gasteiger partial charge is 0.287 e. The number of aryl methyl sites for hydroxylation is 1. The van der Waals surface area contributed by atoms with Gasteiger partial charge in [0.25, 0.3) is 5.91 Å². The number of hydrogen-bond donors (Lipinski definition) is 2. The van der Waals surface area contributed by atoms with Gasteiger partial charge in [-0.2, -0.15) is 5.10 Å². The van der Waals surface area contributed by atoms with Gasteiger partial charge in [0.05, 0.1) is 6.04 Å². The largest absolute Gasteiger partial charge is 0.451 e. The van der Waals surface area contributed by atoms with Gasteiger partial charge in [0.1, 0.15) is 17.7 Å². The highest BCUT2D eigenvalue weighted by Gasteiger charge is 2.20. The van der Waals surface area contributed by atoms with Crippen LogP contribution in [0.1, 0.15) is 34.9 Å². The third-order valence-corrected chi connectivity index (χ3v) is 3.24. The Morgan fingerprint density at radius 2 is 2.20 bits per heavy atom. The molecule has 0 bridgehead atoms. The molecule has 0 aliphatic rings. The number of nitrogens with zero attached hydrogens (tertiary/aromatic N) is 2. The van der Waals surface area contributed by atoms with Gasteiger partial charge in [0.2, 0.25) is 0 Å². The second kappa shape index (κ2) is 4.80. The molecule has 3 rings (SSSR count). The molecule has 0 saturated heterocycles. The minimum absolute atomic E-state index is 0.261. The maximum atomic E-state index is 12.3. The molecular weight excluding hydrogens is 256 g/mol. The minimum Gasteiger partial charge on any atom is -0.451 e. The lowest BCUT2D eigenvalue weighted by atomic mass is 10.1. The van der Waals surface area contributed by atoms with E-state index in [0.29, 0.717) is 17.2 Å². The Morgan fingerprint density at radius 1 is 1.40 bits per heavy atom. The van der Waals surface area contributed by atoms with Gasteiger partial charge in [-0.1, -0.05) is 18.2 Å². The zero-order chi connectivity index (χ0) is 14.1. The van der Waals surface area contributed by atoms with E-state index in [4.69, 9.17) is 4.42 Å². The van der Waals surface area contributed by atoms with E-state index in [1.807, 2.05) is 38.1 Å². The summed E-state index contributed by atoms with van der Waals surface area (Å²) in [4.78, 5) is 16.3. The molecule has 6 heteroatoms. The number of carbonyl (C=O) groups excluding carboxylic acids is 1. The number of nitrogens with one attached hydrogen (secondary N) is 2. The predicted molar refractivity (Wildman–Crippen MR) is 73.2 cm³/mol. The van der Waals surface area contributed by atoms with Crippen LogP contribution in [0, 0.1) is 6.92 Å². The molecule has 1 unspecified atom stereocenters. The van der Waals surface area contributed by atoms with Crippen LogP contribution in [0.3, 0.4) is 0 Å². The number of benzene rings is 1. The van der Waals surface area contributed by atoms with E-state index < -0.39 is 0 Å². The van der Waals surface area contributed by atoms with Crippen molar-refractivity contribution in [2.24, 2.45) is 0 Å². The molecule has 1 atom stereocenters. The first-order valence-electron chi connectivity index (χ1n) is 6.31. The predicted octanol–water partition coefficient (Wildman–Crippen LogP) is 2.35. The van der Waals surface area contributed by atoms with Crippen LogP contribution in [0.25, 0.3) is 11.0 Å². The van der Waals surface area contributed by atoms with E-state index in [2.05, 4.69) is 20.5 Å². The van der Waals surface area contributed by atoms with Crippen LogP contribution < -0.4 is 5.32 Å². The number of H-pyrrole nitrogens is 1. The highest BCUT2D eigenvalue weighted by atomic mass is 16.3. The van der Waals surface area contributed by atoms with Crippen LogP contribution in [-0.4, -0.2) is 21.1 Å². The standard InChI is InChI=1S/C14H14N4O2/c1-8-10-5-3-4-6-11(10)20-12(8)14(19)17-9(2)13-15-7-16-18-13/h3-7,9H,1-2H3,(H,17,19)(H,15,16,18). The molecule has 2 aromatic heterocycles. The van der Waals surface area contributed by atoms with Crippen LogP contribution in [0.2, 0.25) is 0 Å². The van der Waals surface area contributed by atoms with Crippen molar-refractivity contribution in [2.45, 2.75) is 19.9 Å². The molecule has 2 heterocycles. The number of fused-ring (bicyclic) bond motifs is 1. The summed E-state index contributed by atoms with van der Waals surface area (Å²) in [6, 6.07) is 7.31. The molecule has 0 spiro atoms. The van der Waals surface area contributed by atoms with Gasteiger partial charge >= 0.3 is 0 Å². The molecule has 0 radical (unpaired) electrons. The number of aromatic nitrogens is 3. The van der Waals surface area contributed by atoms with E-state index in [1.165, 1.54) is 6.33 Å². The van der Waals surface area contributed by atoms with E-state index in [-0.39, 0.29) is 11.9 Å². The van der Waals surface area contributed by atoms with Gasteiger partial charge in [-0.3, -0.25) is 9.89 Å². The molecule has 0 saturated carbocycles. The highest BCUT2D eigenvalue weighted by molar-refractivity contribution is 5.99. The Bertz CT molecular complexity index is 746. The first-order chi connectivity index (χ1) is 9.66. The Kier molecular flexibility index (Phi) is 2.98. The van der Waals surface area contributed by atoms with E-state index >= 15 is 0 Å². The summed E-state index contributed by atoms with van der Waals surface area (Å²) >= 11 is 0. The Labute approximate surface area is 115 Å². The maximum absolute atomic E-state index is 12.3. The normalized spacial score (nSPS) is 12.5. The monoisotopic (exact) mass is 270 g/mol. The number of amides is 1. The second-order valence-corrected chi connectivity index (χ2v) is 4.62.